The summed E-state index contributed by atoms with van der Waals surface area (Å²) in [5.41, 5.74) is 6.93. The first-order valence-electron chi connectivity index (χ1n) is 7.66. The number of carbonyl (C=O) groups is 1. The number of nitrogens with two attached hydrogens (primary N) is 1. The number of halogens is 1. The number of rotatable bonds is 6. The van der Waals surface area contributed by atoms with Gasteiger partial charge in [0.1, 0.15) is 0 Å². The molecule has 5 heteroatoms. The molecule has 1 aliphatic rings. The molecule has 0 saturated carbocycles. The monoisotopic (exact) mass is 309 g/mol. The van der Waals surface area contributed by atoms with Crippen molar-refractivity contribution in [2.24, 2.45) is 11.7 Å². The van der Waals surface area contributed by atoms with Crippen LogP contribution in [0.15, 0.2) is 18.2 Å². The summed E-state index contributed by atoms with van der Waals surface area (Å²) >= 11 is 6.00. The molecular formula is C16H24ClN3O. The number of benzene rings is 1. The molecule has 0 spiro atoms. The van der Waals surface area contributed by atoms with Gasteiger partial charge in [0.15, 0.2) is 0 Å². The Bertz CT molecular complexity index is 486. The lowest BCUT2D eigenvalue weighted by Gasteiger charge is -2.32. The molecule has 1 aromatic carbocycles. The van der Waals surface area contributed by atoms with E-state index in [1.165, 1.54) is 12.8 Å². The first kappa shape index (κ1) is 16.1. The minimum absolute atomic E-state index is 0.421. The number of piperidine rings is 1. The second kappa shape index (κ2) is 7.66. The van der Waals surface area contributed by atoms with Crippen LogP contribution in [0.3, 0.4) is 0 Å². The zero-order chi connectivity index (χ0) is 15.2. The van der Waals surface area contributed by atoms with E-state index >= 15 is 0 Å². The van der Waals surface area contributed by atoms with Crippen LogP contribution in [0.5, 0.6) is 0 Å². The van der Waals surface area contributed by atoms with E-state index in [1.807, 2.05) is 12.1 Å². The standard InChI is InChI=1S/C16H24ClN3O/c1-2-8-20(11-12-4-3-7-19-10-12)15-6-5-13(17)9-14(15)16(18)21/h5-6,9,12,19H,2-4,7-8,10-11H2,1H3,(H2,18,21). The maximum absolute atomic E-state index is 11.7. The van der Waals surface area contributed by atoms with Gasteiger partial charge in [-0.25, -0.2) is 0 Å². The molecule has 21 heavy (non-hydrogen) atoms. The highest BCUT2D eigenvalue weighted by Gasteiger charge is 2.20. The van der Waals surface area contributed by atoms with Gasteiger partial charge in [-0.1, -0.05) is 18.5 Å². The summed E-state index contributed by atoms with van der Waals surface area (Å²) in [6.45, 7) is 6.16. The summed E-state index contributed by atoms with van der Waals surface area (Å²) in [6, 6.07) is 5.40. The maximum atomic E-state index is 11.7. The fraction of sp³-hybridized carbons (Fsp3) is 0.562. The van der Waals surface area contributed by atoms with Gasteiger partial charge >= 0.3 is 0 Å². The van der Waals surface area contributed by atoms with Crippen LogP contribution >= 0.6 is 11.6 Å². The highest BCUT2D eigenvalue weighted by molar-refractivity contribution is 6.31. The Hall–Kier alpha value is -1.26. The van der Waals surface area contributed by atoms with Crippen molar-refractivity contribution in [3.63, 3.8) is 0 Å². The molecule has 1 fully saturated rings. The molecule has 0 bridgehead atoms. The van der Waals surface area contributed by atoms with Crippen molar-refractivity contribution in [2.75, 3.05) is 31.1 Å². The van der Waals surface area contributed by atoms with E-state index in [2.05, 4.69) is 17.1 Å². The lowest BCUT2D eigenvalue weighted by molar-refractivity contribution is 0.100. The molecule has 1 aromatic rings. The van der Waals surface area contributed by atoms with Crippen LogP contribution < -0.4 is 16.0 Å². The molecule has 0 radical (unpaired) electrons. The summed E-state index contributed by atoms with van der Waals surface area (Å²) in [6.07, 6.45) is 3.47. The Morgan fingerprint density at radius 1 is 1.52 bits per heavy atom. The molecule has 0 aromatic heterocycles. The lowest BCUT2D eigenvalue weighted by Crippen LogP contribution is -2.39. The molecule has 4 nitrogen and oxygen atoms in total. The Balaban J connectivity index is 2.22. The van der Waals surface area contributed by atoms with Gasteiger partial charge in [-0.15, -0.1) is 0 Å². The van der Waals surface area contributed by atoms with E-state index in [0.717, 1.165) is 38.3 Å². The number of carbonyl (C=O) groups excluding carboxylic acids is 1. The molecule has 1 heterocycles. The Morgan fingerprint density at radius 3 is 2.95 bits per heavy atom. The van der Waals surface area contributed by atoms with E-state index in [0.29, 0.717) is 16.5 Å². The summed E-state index contributed by atoms with van der Waals surface area (Å²) in [5.74, 6) is 0.192. The van der Waals surface area contributed by atoms with Crippen molar-refractivity contribution >= 4 is 23.2 Å². The third-order valence-corrected chi connectivity index (χ3v) is 4.17. The molecule has 1 saturated heterocycles. The van der Waals surface area contributed by atoms with Crippen LogP contribution in [0.1, 0.15) is 36.5 Å². The van der Waals surface area contributed by atoms with Crippen molar-refractivity contribution in [2.45, 2.75) is 26.2 Å². The van der Waals surface area contributed by atoms with E-state index in [-0.39, 0.29) is 0 Å². The Morgan fingerprint density at radius 2 is 2.33 bits per heavy atom. The number of amides is 1. The normalized spacial score (nSPS) is 18.5. The molecule has 1 amide bonds. The van der Waals surface area contributed by atoms with E-state index in [9.17, 15) is 4.79 Å². The largest absolute Gasteiger partial charge is 0.371 e. The van der Waals surface area contributed by atoms with Gasteiger partial charge in [0.25, 0.3) is 5.91 Å². The first-order valence-corrected chi connectivity index (χ1v) is 8.04. The Kier molecular flexibility index (Phi) is 5.88. The molecule has 116 valence electrons. The van der Waals surface area contributed by atoms with Crippen LogP contribution in [-0.2, 0) is 0 Å². The van der Waals surface area contributed by atoms with Crippen molar-refractivity contribution < 1.29 is 4.79 Å². The third-order valence-electron chi connectivity index (χ3n) is 3.94. The van der Waals surface area contributed by atoms with Gasteiger partial charge in [-0.3, -0.25) is 4.79 Å². The summed E-state index contributed by atoms with van der Waals surface area (Å²) in [5, 5.41) is 3.99. The predicted molar refractivity (Wildman–Crippen MR) is 88.1 cm³/mol. The van der Waals surface area contributed by atoms with Crippen molar-refractivity contribution in [1.82, 2.24) is 5.32 Å². The highest BCUT2D eigenvalue weighted by Crippen LogP contribution is 2.26. The molecule has 1 aliphatic heterocycles. The zero-order valence-corrected chi connectivity index (χ0v) is 13.3. The lowest BCUT2D eigenvalue weighted by atomic mass is 9.98. The number of nitrogens with one attached hydrogen (secondary N) is 1. The minimum atomic E-state index is -0.421. The average molecular weight is 310 g/mol. The van der Waals surface area contributed by atoms with Crippen LogP contribution in [0.2, 0.25) is 5.02 Å². The van der Waals surface area contributed by atoms with Crippen LogP contribution in [0.25, 0.3) is 0 Å². The van der Waals surface area contributed by atoms with Crippen LogP contribution in [-0.4, -0.2) is 32.1 Å². The average Bonchev–Trinajstić information content (AvgIpc) is 2.48. The van der Waals surface area contributed by atoms with Gasteiger partial charge in [0, 0.05) is 23.8 Å². The van der Waals surface area contributed by atoms with Crippen molar-refractivity contribution in [1.29, 1.82) is 0 Å². The second-order valence-corrected chi connectivity index (χ2v) is 6.12. The molecular weight excluding hydrogens is 286 g/mol. The maximum Gasteiger partial charge on any atom is 0.250 e. The smallest absolute Gasteiger partial charge is 0.250 e. The summed E-state index contributed by atoms with van der Waals surface area (Å²) in [7, 11) is 0. The SMILES string of the molecule is CCCN(CC1CCCNC1)c1ccc(Cl)cc1C(N)=O. The molecule has 0 aliphatic carbocycles. The first-order chi connectivity index (χ1) is 10.1. The number of anilines is 1. The molecule has 1 atom stereocenters. The van der Waals surface area contributed by atoms with E-state index in [1.54, 1.807) is 6.07 Å². The fourth-order valence-corrected chi connectivity index (χ4v) is 3.12. The topological polar surface area (TPSA) is 58.4 Å². The third kappa shape index (κ3) is 4.35. The van der Waals surface area contributed by atoms with Crippen molar-refractivity contribution in [3.05, 3.63) is 28.8 Å². The van der Waals surface area contributed by atoms with Gasteiger partial charge in [0.05, 0.1) is 5.56 Å². The Labute approximate surface area is 131 Å². The van der Waals surface area contributed by atoms with Gasteiger partial charge in [-0.2, -0.15) is 0 Å². The molecule has 3 N–H and O–H groups in total. The van der Waals surface area contributed by atoms with Gasteiger partial charge in [-0.05, 0) is 56.5 Å². The number of nitrogens with zero attached hydrogens (tertiary/aromatic N) is 1. The molecule has 1 unspecified atom stereocenters. The quantitative estimate of drug-likeness (QED) is 0.849. The van der Waals surface area contributed by atoms with E-state index in [4.69, 9.17) is 17.3 Å². The summed E-state index contributed by atoms with van der Waals surface area (Å²) < 4.78 is 0. The highest BCUT2D eigenvalue weighted by atomic mass is 35.5. The number of hydrogen-bond donors (Lipinski definition) is 2. The van der Waals surface area contributed by atoms with Crippen LogP contribution in [0, 0.1) is 5.92 Å². The van der Waals surface area contributed by atoms with Gasteiger partial charge < -0.3 is 16.0 Å². The van der Waals surface area contributed by atoms with Gasteiger partial charge in [0.2, 0.25) is 0 Å². The fourth-order valence-electron chi connectivity index (χ4n) is 2.95. The molecule has 2 rings (SSSR count). The minimum Gasteiger partial charge on any atom is -0.371 e. The van der Waals surface area contributed by atoms with E-state index < -0.39 is 5.91 Å². The van der Waals surface area contributed by atoms with Crippen LogP contribution in [0.4, 0.5) is 5.69 Å². The number of primary amides is 1. The number of hydrogen-bond acceptors (Lipinski definition) is 3. The second-order valence-electron chi connectivity index (χ2n) is 5.68. The predicted octanol–water partition coefficient (Wildman–Crippen LogP) is 2.65. The van der Waals surface area contributed by atoms with Crippen molar-refractivity contribution in [3.8, 4) is 0 Å². The summed E-state index contributed by atoms with van der Waals surface area (Å²) in [4.78, 5) is 14.0. The zero-order valence-electron chi connectivity index (χ0n) is 12.6.